The average Bonchev–Trinajstić information content (AvgIpc) is 1.99. The summed E-state index contributed by atoms with van der Waals surface area (Å²) in [5.41, 5.74) is 0. The van der Waals surface area contributed by atoms with Gasteiger partial charge in [-0.3, -0.25) is 0 Å². The molecule has 3 heteroatoms. The highest BCUT2D eigenvalue weighted by Crippen LogP contribution is 1.93. The standard InChI is InChI=1S/C8H13BrO2/c1-3-10-8(2)11-7-5-4-6-9/h8H,3,5,7H2,1-2H3. The van der Waals surface area contributed by atoms with E-state index in [0.29, 0.717) is 13.2 Å². The van der Waals surface area contributed by atoms with Gasteiger partial charge < -0.3 is 9.47 Å². The SMILES string of the molecule is CCOC(C)OCCC#CBr. The highest BCUT2D eigenvalue weighted by atomic mass is 79.9. The molecule has 0 fully saturated rings. The lowest BCUT2D eigenvalue weighted by atomic mass is 10.5. The molecule has 0 aliphatic heterocycles. The fraction of sp³-hybridized carbons (Fsp3) is 0.750. The predicted octanol–water partition coefficient (Wildman–Crippen LogP) is 2.13. The van der Waals surface area contributed by atoms with Gasteiger partial charge in [-0.15, -0.1) is 0 Å². The Kier molecular flexibility index (Phi) is 8.03. The fourth-order valence-electron chi connectivity index (χ4n) is 0.606. The Bertz CT molecular complexity index is 137. The van der Waals surface area contributed by atoms with Crippen molar-refractivity contribution in [1.82, 2.24) is 0 Å². The third-order valence-corrected chi connectivity index (χ3v) is 1.33. The molecule has 0 rings (SSSR count). The van der Waals surface area contributed by atoms with E-state index in [0.717, 1.165) is 6.42 Å². The van der Waals surface area contributed by atoms with Crippen LogP contribution >= 0.6 is 15.9 Å². The molecule has 0 saturated heterocycles. The van der Waals surface area contributed by atoms with Crippen LogP contribution in [0.15, 0.2) is 0 Å². The van der Waals surface area contributed by atoms with Crippen molar-refractivity contribution in [2.45, 2.75) is 26.6 Å². The molecule has 0 aliphatic carbocycles. The van der Waals surface area contributed by atoms with Crippen LogP contribution in [0.25, 0.3) is 0 Å². The van der Waals surface area contributed by atoms with Crippen LogP contribution < -0.4 is 0 Å². The molecule has 1 unspecified atom stereocenters. The minimum absolute atomic E-state index is 0.114. The van der Waals surface area contributed by atoms with Crippen LogP contribution in [0, 0.1) is 10.8 Å². The molecular formula is C8H13BrO2. The van der Waals surface area contributed by atoms with Crippen molar-refractivity contribution in [3.8, 4) is 10.8 Å². The van der Waals surface area contributed by atoms with Crippen molar-refractivity contribution in [3.63, 3.8) is 0 Å². The molecule has 64 valence electrons. The highest BCUT2D eigenvalue weighted by molar-refractivity contribution is 9.12. The summed E-state index contributed by atoms with van der Waals surface area (Å²) in [4.78, 5) is 2.62. The van der Waals surface area contributed by atoms with Gasteiger partial charge in [0.15, 0.2) is 6.29 Å². The minimum Gasteiger partial charge on any atom is -0.353 e. The van der Waals surface area contributed by atoms with Crippen molar-refractivity contribution in [3.05, 3.63) is 0 Å². The van der Waals surface area contributed by atoms with Gasteiger partial charge in [-0.05, 0) is 18.7 Å². The summed E-state index contributed by atoms with van der Waals surface area (Å²) in [6.07, 6.45) is 0.625. The van der Waals surface area contributed by atoms with E-state index in [-0.39, 0.29) is 6.29 Å². The number of hydrogen-bond acceptors (Lipinski definition) is 2. The monoisotopic (exact) mass is 220 g/mol. The zero-order valence-electron chi connectivity index (χ0n) is 6.89. The van der Waals surface area contributed by atoms with Crippen LogP contribution in [-0.2, 0) is 9.47 Å². The smallest absolute Gasteiger partial charge is 0.154 e. The Balaban J connectivity index is 3.14. The average molecular weight is 221 g/mol. The van der Waals surface area contributed by atoms with Gasteiger partial charge in [0.05, 0.1) is 6.61 Å². The molecule has 0 bridgehead atoms. The topological polar surface area (TPSA) is 18.5 Å². The maximum Gasteiger partial charge on any atom is 0.154 e. The predicted molar refractivity (Wildman–Crippen MR) is 48.4 cm³/mol. The van der Waals surface area contributed by atoms with Crippen LogP contribution in [0.1, 0.15) is 20.3 Å². The normalized spacial score (nSPS) is 11.9. The Morgan fingerprint density at radius 3 is 2.73 bits per heavy atom. The van der Waals surface area contributed by atoms with Gasteiger partial charge >= 0.3 is 0 Å². The molecule has 1 atom stereocenters. The van der Waals surface area contributed by atoms with E-state index in [1.165, 1.54) is 0 Å². The minimum atomic E-state index is -0.114. The second-order valence-electron chi connectivity index (χ2n) is 1.92. The number of hydrogen-bond donors (Lipinski definition) is 0. The van der Waals surface area contributed by atoms with E-state index in [1.807, 2.05) is 13.8 Å². The lowest BCUT2D eigenvalue weighted by molar-refractivity contribution is -0.125. The van der Waals surface area contributed by atoms with Crippen molar-refractivity contribution >= 4 is 15.9 Å². The second-order valence-corrected chi connectivity index (χ2v) is 2.31. The van der Waals surface area contributed by atoms with E-state index in [1.54, 1.807) is 0 Å². The quantitative estimate of drug-likeness (QED) is 0.402. The van der Waals surface area contributed by atoms with E-state index in [9.17, 15) is 0 Å². The van der Waals surface area contributed by atoms with Crippen LogP contribution in [0.2, 0.25) is 0 Å². The highest BCUT2D eigenvalue weighted by Gasteiger charge is 1.97. The molecule has 11 heavy (non-hydrogen) atoms. The Labute approximate surface area is 76.4 Å². The molecule has 0 spiro atoms. The summed E-state index contributed by atoms with van der Waals surface area (Å²) in [6.45, 7) is 5.13. The maximum atomic E-state index is 5.24. The van der Waals surface area contributed by atoms with Crippen molar-refractivity contribution in [2.24, 2.45) is 0 Å². The summed E-state index contributed by atoms with van der Waals surface area (Å²) in [7, 11) is 0. The van der Waals surface area contributed by atoms with Gasteiger partial charge in [-0.1, -0.05) is 5.92 Å². The third kappa shape index (κ3) is 7.86. The van der Waals surface area contributed by atoms with Gasteiger partial charge in [0.2, 0.25) is 0 Å². The lowest BCUT2D eigenvalue weighted by Crippen LogP contribution is -2.13. The third-order valence-electron chi connectivity index (χ3n) is 1.05. The van der Waals surface area contributed by atoms with Gasteiger partial charge in [-0.2, -0.15) is 0 Å². The molecule has 2 nitrogen and oxygen atoms in total. The summed E-state index contributed by atoms with van der Waals surface area (Å²) in [5.74, 6) is 2.83. The van der Waals surface area contributed by atoms with Gasteiger partial charge in [0.1, 0.15) is 0 Å². The molecule has 0 aliphatic rings. The van der Waals surface area contributed by atoms with Gasteiger partial charge in [0.25, 0.3) is 0 Å². The number of rotatable bonds is 5. The number of halogens is 1. The van der Waals surface area contributed by atoms with E-state index >= 15 is 0 Å². The second kappa shape index (κ2) is 8.06. The Morgan fingerprint density at radius 1 is 1.45 bits per heavy atom. The van der Waals surface area contributed by atoms with Crippen LogP contribution in [0.3, 0.4) is 0 Å². The Hall–Kier alpha value is -0.0400. The summed E-state index contributed by atoms with van der Waals surface area (Å²) in [6, 6.07) is 0. The van der Waals surface area contributed by atoms with Crippen LogP contribution in [0.5, 0.6) is 0 Å². The maximum absolute atomic E-state index is 5.24. The first kappa shape index (κ1) is 11.0. The Morgan fingerprint density at radius 2 is 2.18 bits per heavy atom. The van der Waals surface area contributed by atoms with Crippen molar-refractivity contribution < 1.29 is 9.47 Å². The molecule has 0 aromatic rings. The van der Waals surface area contributed by atoms with Crippen molar-refractivity contribution in [1.29, 1.82) is 0 Å². The molecule has 0 radical (unpaired) electrons. The van der Waals surface area contributed by atoms with Gasteiger partial charge in [0, 0.05) is 29.0 Å². The summed E-state index contributed by atoms with van der Waals surface area (Å²) < 4.78 is 10.4. The van der Waals surface area contributed by atoms with Crippen molar-refractivity contribution in [2.75, 3.05) is 13.2 Å². The molecule has 0 aromatic heterocycles. The lowest BCUT2D eigenvalue weighted by Gasteiger charge is -2.10. The summed E-state index contributed by atoms with van der Waals surface area (Å²) in [5, 5.41) is 0. The molecule has 0 amide bonds. The van der Waals surface area contributed by atoms with Crippen LogP contribution in [-0.4, -0.2) is 19.5 Å². The summed E-state index contributed by atoms with van der Waals surface area (Å²) >= 11 is 3.00. The zero-order chi connectivity index (χ0) is 8.53. The molecule has 0 aromatic carbocycles. The van der Waals surface area contributed by atoms with Crippen LogP contribution in [0.4, 0.5) is 0 Å². The first-order valence-electron chi connectivity index (χ1n) is 3.63. The zero-order valence-corrected chi connectivity index (χ0v) is 8.48. The van der Waals surface area contributed by atoms with E-state index < -0.39 is 0 Å². The number of ether oxygens (including phenoxy) is 2. The molecule has 0 saturated carbocycles. The van der Waals surface area contributed by atoms with E-state index in [4.69, 9.17) is 9.47 Å². The molecule has 0 heterocycles. The molecule has 0 N–H and O–H groups in total. The first-order chi connectivity index (χ1) is 5.31. The van der Waals surface area contributed by atoms with E-state index in [2.05, 4.69) is 26.7 Å². The molecular weight excluding hydrogens is 208 g/mol. The largest absolute Gasteiger partial charge is 0.353 e. The van der Waals surface area contributed by atoms with Gasteiger partial charge in [-0.25, -0.2) is 0 Å². The fourth-order valence-corrected chi connectivity index (χ4v) is 0.804. The first-order valence-corrected chi connectivity index (χ1v) is 4.42.